The molecule has 2 nitrogen and oxygen atoms in total. The number of halogens is 1. The second kappa shape index (κ2) is 5.36. The first-order chi connectivity index (χ1) is 7.29. The molecule has 72 valence electrons. The first-order valence-corrected chi connectivity index (χ1v) is 4.21. The third kappa shape index (κ3) is 2.79. The van der Waals surface area contributed by atoms with E-state index < -0.39 is 0 Å². The van der Waals surface area contributed by atoms with Gasteiger partial charge in [-0.15, -0.1) is 0 Å². The van der Waals surface area contributed by atoms with E-state index in [0.29, 0.717) is 5.39 Å². The number of nitriles is 2. The Morgan fingerprint density at radius 1 is 0.867 bits per heavy atom. The number of fused-ring (bicyclic) bond motifs is 1. The largest absolute Gasteiger partial charge is 0.206 e. The van der Waals surface area contributed by atoms with Gasteiger partial charge in [0.2, 0.25) is 0 Å². The molecule has 0 aromatic heterocycles. The fraction of sp³-hybridized carbons (Fsp3) is 0. The summed E-state index contributed by atoms with van der Waals surface area (Å²) in [7, 11) is 0. The lowest BCUT2D eigenvalue weighted by molar-refractivity contribution is 0.640. The summed E-state index contributed by atoms with van der Waals surface area (Å²) in [6.07, 6.45) is 0. The second-order valence-corrected chi connectivity index (χ2v) is 2.68. The molecular weight excluding hydrogens is 191 g/mol. The minimum atomic E-state index is -0.150. The highest BCUT2D eigenvalue weighted by atomic mass is 19.1. The molecular formula is C12H7FN2. The van der Waals surface area contributed by atoms with Crippen molar-refractivity contribution in [3.8, 4) is 12.1 Å². The van der Waals surface area contributed by atoms with E-state index in [0.717, 1.165) is 5.39 Å². The third-order valence-corrected chi connectivity index (χ3v) is 1.79. The Bertz CT molecular complexity index is 518. The van der Waals surface area contributed by atoms with Gasteiger partial charge in [-0.05, 0) is 11.5 Å². The van der Waals surface area contributed by atoms with E-state index in [2.05, 4.69) is 0 Å². The average Bonchev–Trinajstić information content (AvgIpc) is 2.30. The van der Waals surface area contributed by atoms with Crippen molar-refractivity contribution in [2.24, 2.45) is 0 Å². The van der Waals surface area contributed by atoms with Crippen LogP contribution in [0.3, 0.4) is 0 Å². The lowest BCUT2D eigenvalue weighted by atomic mass is 10.1. The van der Waals surface area contributed by atoms with Crippen LogP contribution < -0.4 is 0 Å². The molecule has 2 aromatic carbocycles. The Labute approximate surface area is 86.8 Å². The zero-order valence-corrected chi connectivity index (χ0v) is 7.81. The molecule has 0 unspecified atom stereocenters. The first-order valence-electron chi connectivity index (χ1n) is 4.21. The third-order valence-electron chi connectivity index (χ3n) is 1.79. The highest BCUT2D eigenvalue weighted by molar-refractivity contribution is 5.82. The molecule has 0 saturated carbocycles. The molecule has 0 amide bonds. The minimum Gasteiger partial charge on any atom is -0.206 e. The smallest absolute Gasteiger partial charge is 0.181 e. The SMILES string of the molecule is Fc1cccc2ccccc12.N#CC#N. The van der Waals surface area contributed by atoms with E-state index in [4.69, 9.17) is 10.5 Å². The Kier molecular flexibility index (Phi) is 3.82. The number of nitrogens with zero attached hydrogens (tertiary/aromatic N) is 2. The summed E-state index contributed by atoms with van der Waals surface area (Å²) in [4.78, 5) is 0. The zero-order chi connectivity index (χ0) is 11.1. The van der Waals surface area contributed by atoms with E-state index in [1.165, 1.54) is 18.2 Å². The van der Waals surface area contributed by atoms with Crippen LogP contribution in [0, 0.1) is 28.5 Å². The number of hydrogen-bond donors (Lipinski definition) is 0. The molecule has 0 N–H and O–H groups in total. The van der Waals surface area contributed by atoms with Crippen molar-refractivity contribution >= 4 is 10.8 Å². The molecule has 0 atom stereocenters. The van der Waals surface area contributed by atoms with Gasteiger partial charge >= 0.3 is 0 Å². The average molecular weight is 198 g/mol. The summed E-state index contributed by atoms with van der Waals surface area (Å²) < 4.78 is 13.0. The summed E-state index contributed by atoms with van der Waals surface area (Å²) in [6, 6.07) is 15.0. The van der Waals surface area contributed by atoms with Crippen LogP contribution in [0.4, 0.5) is 4.39 Å². The lowest BCUT2D eigenvalue weighted by Gasteiger charge is -1.95. The molecule has 0 bridgehead atoms. The monoisotopic (exact) mass is 198 g/mol. The molecule has 0 aliphatic heterocycles. The lowest BCUT2D eigenvalue weighted by Crippen LogP contribution is -1.76. The Morgan fingerprint density at radius 2 is 1.47 bits per heavy atom. The van der Waals surface area contributed by atoms with Gasteiger partial charge in [0.1, 0.15) is 5.82 Å². The van der Waals surface area contributed by atoms with Gasteiger partial charge in [0.15, 0.2) is 12.1 Å². The molecule has 3 heteroatoms. The van der Waals surface area contributed by atoms with E-state index in [-0.39, 0.29) is 5.82 Å². The molecule has 0 aliphatic rings. The van der Waals surface area contributed by atoms with Crippen LogP contribution in [0.1, 0.15) is 0 Å². The highest BCUT2D eigenvalue weighted by Gasteiger charge is 1.95. The van der Waals surface area contributed by atoms with Gasteiger partial charge in [-0.2, -0.15) is 10.5 Å². The normalized spacial score (nSPS) is 8.20. The zero-order valence-electron chi connectivity index (χ0n) is 7.81. The quantitative estimate of drug-likeness (QED) is 0.653. The predicted molar refractivity (Wildman–Crippen MR) is 55.1 cm³/mol. The molecule has 2 aromatic rings. The Balaban J connectivity index is 0.000000245. The summed E-state index contributed by atoms with van der Waals surface area (Å²) in [6.45, 7) is 0. The van der Waals surface area contributed by atoms with E-state index in [1.54, 1.807) is 12.1 Å². The topological polar surface area (TPSA) is 47.6 Å². The van der Waals surface area contributed by atoms with Crippen molar-refractivity contribution in [1.82, 2.24) is 0 Å². The molecule has 2 rings (SSSR count). The maximum Gasteiger partial charge on any atom is 0.181 e. The van der Waals surface area contributed by atoms with Crippen molar-refractivity contribution in [3.05, 3.63) is 48.3 Å². The van der Waals surface area contributed by atoms with Gasteiger partial charge in [0, 0.05) is 5.39 Å². The van der Waals surface area contributed by atoms with Crippen LogP contribution in [0.5, 0.6) is 0 Å². The van der Waals surface area contributed by atoms with E-state index in [1.807, 2.05) is 24.3 Å². The Hall–Kier alpha value is -2.39. The fourth-order valence-corrected chi connectivity index (χ4v) is 1.19. The summed E-state index contributed by atoms with van der Waals surface area (Å²) in [5, 5.41) is 16.2. The van der Waals surface area contributed by atoms with Gasteiger partial charge < -0.3 is 0 Å². The molecule has 15 heavy (non-hydrogen) atoms. The number of hydrogen-bond acceptors (Lipinski definition) is 2. The summed E-state index contributed by atoms with van der Waals surface area (Å²) in [5.74, 6) is -0.150. The van der Waals surface area contributed by atoms with E-state index in [9.17, 15) is 4.39 Å². The summed E-state index contributed by atoms with van der Waals surface area (Å²) >= 11 is 0. The maximum atomic E-state index is 13.0. The predicted octanol–water partition coefficient (Wildman–Crippen LogP) is 3.01. The van der Waals surface area contributed by atoms with E-state index >= 15 is 0 Å². The van der Waals surface area contributed by atoms with Crippen LogP contribution in [-0.4, -0.2) is 0 Å². The summed E-state index contributed by atoms with van der Waals surface area (Å²) in [5.41, 5.74) is 0. The fourth-order valence-electron chi connectivity index (χ4n) is 1.19. The molecule has 0 saturated heterocycles. The molecule has 0 aliphatic carbocycles. The van der Waals surface area contributed by atoms with Crippen LogP contribution in [0.2, 0.25) is 0 Å². The maximum absolute atomic E-state index is 13.0. The second-order valence-electron chi connectivity index (χ2n) is 2.68. The van der Waals surface area contributed by atoms with Crippen molar-refractivity contribution in [2.75, 3.05) is 0 Å². The van der Waals surface area contributed by atoms with Crippen LogP contribution in [-0.2, 0) is 0 Å². The van der Waals surface area contributed by atoms with Gasteiger partial charge in [0.25, 0.3) is 0 Å². The molecule has 0 fully saturated rings. The van der Waals surface area contributed by atoms with Gasteiger partial charge in [-0.1, -0.05) is 36.4 Å². The van der Waals surface area contributed by atoms with Crippen molar-refractivity contribution in [3.63, 3.8) is 0 Å². The molecule has 0 radical (unpaired) electrons. The Morgan fingerprint density at radius 3 is 2.07 bits per heavy atom. The molecule has 0 spiro atoms. The van der Waals surface area contributed by atoms with Gasteiger partial charge in [-0.25, -0.2) is 4.39 Å². The van der Waals surface area contributed by atoms with Gasteiger partial charge in [0.05, 0.1) is 0 Å². The van der Waals surface area contributed by atoms with Crippen molar-refractivity contribution in [2.45, 2.75) is 0 Å². The van der Waals surface area contributed by atoms with Gasteiger partial charge in [-0.3, -0.25) is 0 Å². The number of benzene rings is 2. The van der Waals surface area contributed by atoms with Crippen LogP contribution >= 0.6 is 0 Å². The molecule has 0 heterocycles. The van der Waals surface area contributed by atoms with Crippen LogP contribution in [0.15, 0.2) is 42.5 Å². The van der Waals surface area contributed by atoms with Crippen LogP contribution in [0.25, 0.3) is 10.8 Å². The van der Waals surface area contributed by atoms with Crippen molar-refractivity contribution < 1.29 is 4.39 Å². The number of rotatable bonds is 0. The standard InChI is InChI=1S/C10H7F.C2N2/c11-10-7-3-5-8-4-1-2-6-9(8)10;3-1-2-4/h1-7H;. The van der Waals surface area contributed by atoms with Crippen molar-refractivity contribution in [1.29, 1.82) is 10.5 Å². The minimum absolute atomic E-state index is 0.150. The highest BCUT2D eigenvalue weighted by Crippen LogP contribution is 2.15. The first kappa shape index (κ1) is 10.7.